The molecule has 2 heterocycles. The standard InChI is InChI=1S/C17H21N3O/c1-19-16(7-10-18-19)14-8-11-20(12-9-14)13-17(21)15-5-3-2-4-6-15/h2-8,10,17,21H,9,11-13H2,1H3/t17-/m0/s1. The van der Waals surface area contributed by atoms with Gasteiger partial charge in [-0.25, -0.2) is 0 Å². The number of benzene rings is 1. The maximum Gasteiger partial charge on any atom is 0.0917 e. The molecule has 1 aromatic carbocycles. The Morgan fingerprint density at radius 1 is 1.24 bits per heavy atom. The first kappa shape index (κ1) is 14.0. The van der Waals surface area contributed by atoms with Crippen molar-refractivity contribution < 1.29 is 5.11 Å². The van der Waals surface area contributed by atoms with Crippen LogP contribution >= 0.6 is 0 Å². The van der Waals surface area contributed by atoms with Gasteiger partial charge >= 0.3 is 0 Å². The van der Waals surface area contributed by atoms with Crippen LogP contribution < -0.4 is 0 Å². The lowest BCUT2D eigenvalue weighted by Crippen LogP contribution is -2.32. The minimum atomic E-state index is -0.419. The summed E-state index contributed by atoms with van der Waals surface area (Å²) in [7, 11) is 1.97. The van der Waals surface area contributed by atoms with Gasteiger partial charge in [0.05, 0.1) is 11.8 Å². The SMILES string of the molecule is Cn1nccc1C1=CCN(C[C@H](O)c2ccccc2)CC1. The second-order valence-corrected chi connectivity index (χ2v) is 5.51. The van der Waals surface area contributed by atoms with Crippen LogP contribution in [0.3, 0.4) is 0 Å². The minimum Gasteiger partial charge on any atom is -0.387 e. The smallest absolute Gasteiger partial charge is 0.0917 e. The lowest BCUT2D eigenvalue weighted by Gasteiger charge is -2.28. The van der Waals surface area contributed by atoms with Crippen LogP contribution in [-0.4, -0.2) is 39.4 Å². The highest BCUT2D eigenvalue weighted by Crippen LogP contribution is 2.23. The Kier molecular flexibility index (Phi) is 4.18. The lowest BCUT2D eigenvalue weighted by molar-refractivity contribution is 0.119. The van der Waals surface area contributed by atoms with Crippen molar-refractivity contribution in [3.63, 3.8) is 0 Å². The molecule has 0 bridgehead atoms. The number of hydrogen-bond donors (Lipinski definition) is 1. The minimum absolute atomic E-state index is 0.419. The molecule has 21 heavy (non-hydrogen) atoms. The molecular formula is C17H21N3O. The Hall–Kier alpha value is -1.91. The highest BCUT2D eigenvalue weighted by Gasteiger charge is 2.18. The van der Waals surface area contributed by atoms with Gasteiger partial charge in [-0.05, 0) is 23.6 Å². The fraction of sp³-hybridized carbons (Fsp3) is 0.353. The van der Waals surface area contributed by atoms with E-state index in [-0.39, 0.29) is 0 Å². The van der Waals surface area contributed by atoms with Gasteiger partial charge in [0.25, 0.3) is 0 Å². The molecule has 4 heteroatoms. The normalized spacial score (nSPS) is 17.5. The number of hydrogen-bond acceptors (Lipinski definition) is 3. The molecule has 1 N–H and O–H groups in total. The van der Waals surface area contributed by atoms with Crippen molar-refractivity contribution in [2.75, 3.05) is 19.6 Å². The van der Waals surface area contributed by atoms with Crippen molar-refractivity contribution in [3.8, 4) is 0 Å². The van der Waals surface area contributed by atoms with Crippen LogP contribution in [0.5, 0.6) is 0 Å². The van der Waals surface area contributed by atoms with Crippen LogP contribution in [0.25, 0.3) is 5.57 Å². The summed E-state index contributed by atoms with van der Waals surface area (Å²) >= 11 is 0. The zero-order valence-electron chi connectivity index (χ0n) is 12.3. The molecule has 0 spiro atoms. The van der Waals surface area contributed by atoms with Crippen LogP contribution in [0.15, 0.2) is 48.7 Å². The largest absolute Gasteiger partial charge is 0.387 e. The van der Waals surface area contributed by atoms with E-state index in [1.165, 1.54) is 11.3 Å². The summed E-state index contributed by atoms with van der Waals surface area (Å²) < 4.78 is 1.92. The predicted octanol–water partition coefficient (Wildman–Crippen LogP) is 2.24. The van der Waals surface area contributed by atoms with Gasteiger partial charge in [0.1, 0.15) is 0 Å². The zero-order chi connectivity index (χ0) is 14.7. The van der Waals surface area contributed by atoms with Crippen molar-refractivity contribution >= 4 is 5.57 Å². The van der Waals surface area contributed by atoms with E-state index in [9.17, 15) is 5.11 Å². The third-order valence-corrected chi connectivity index (χ3v) is 4.06. The summed E-state index contributed by atoms with van der Waals surface area (Å²) in [6, 6.07) is 11.9. The summed E-state index contributed by atoms with van der Waals surface area (Å²) in [6.07, 6.45) is 4.67. The maximum absolute atomic E-state index is 10.3. The number of aliphatic hydroxyl groups is 1. The zero-order valence-corrected chi connectivity index (χ0v) is 12.3. The molecule has 2 aromatic rings. The third-order valence-electron chi connectivity index (χ3n) is 4.06. The molecule has 4 nitrogen and oxygen atoms in total. The summed E-state index contributed by atoms with van der Waals surface area (Å²) in [5, 5.41) is 14.5. The molecule has 0 saturated heterocycles. The first-order valence-electron chi connectivity index (χ1n) is 7.37. The highest BCUT2D eigenvalue weighted by atomic mass is 16.3. The first-order chi connectivity index (χ1) is 10.2. The molecule has 1 aliphatic heterocycles. The summed E-state index contributed by atoms with van der Waals surface area (Å²) in [5.41, 5.74) is 3.53. The number of rotatable bonds is 4. The molecule has 1 atom stereocenters. The van der Waals surface area contributed by atoms with Gasteiger partial charge in [-0.2, -0.15) is 5.10 Å². The van der Waals surface area contributed by atoms with Crippen LogP contribution in [0.1, 0.15) is 23.8 Å². The Morgan fingerprint density at radius 3 is 2.67 bits per heavy atom. The van der Waals surface area contributed by atoms with Gasteiger partial charge in [0, 0.05) is 32.9 Å². The molecule has 0 fully saturated rings. The van der Waals surface area contributed by atoms with Crippen molar-refractivity contribution in [1.29, 1.82) is 0 Å². The van der Waals surface area contributed by atoms with Gasteiger partial charge in [0.2, 0.25) is 0 Å². The number of aryl methyl sites for hydroxylation is 1. The van der Waals surface area contributed by atoms with E-state index in [4.69, 9.17) is 0 Å². The van der Waals surface area contributed by atoms with E-state index in [0.29, 0.717) is 6.54 Å². The molecule has 1 aromatic heterocycles. The maximum atomic E-state index is 10.3. The molecule has 1 aliphatic rings. The monoisotopic (exact) mass is 283 g/mol. The predicted molar refractivity (Wildman–Crippen MR) is 83.6 cm³/mol. The van der Waals surface area contributed by atoms with E-state index in [1.807, 2.05) is 48.3 Å². The van der Waals surface area contributed by atoms with Crippen molar-refractivity contribution in [1.82, 2.24) is 14.7 Å². The number of nitrogens with zero attached hydrogens (tertiary/aromatic N) is 3. The van der Waals surface area contributed by atoms with E-state index < -0.39 is 6.10 Å². The topological polar surface area (TPSA) is 41.3 Å². The molecule has 0 saturated carbocycles. The van der Waals surface area contributed by atoms with Gasteiger partial charge in [0.15, 0.2) is 0 Å². The quantitative estimate of drug-likeness (QED) is 0.935. The van der Waals surface area contributed by atoms with Crippen molar-refractivity contribution in [2.45, 2.75) is 12.5 Å². The molecule has 0 radical (unpaired) electrons. The van der Waals surface area contributed by atoms with Gasteiger partial charge in [-0.1, -0.05) is 36.4 Å². The van der Waals surface area contributed by atoms with Gasteiger partial charge < -0.3 is 5.11 Å². The Bertz CT molecular complexity index is 618. The van der Waals surface area contributed by atoms with Crippen LogP contribution in [0.2, 0.25) is 0 Å². The first-order valence-corrected chi connectivity index (χ1v) is 7.37. The van der Waals surface area contributed by atoms with Crippen molar-refractivity contribution in [3.05, 3.63) is 59.9 Å². The number of aliphatic hydroxyl groups excluding tert-OH is 1. The second kappa shape index (κ2) is 6.24. The summed E-state index contributed by atoms with van der Waals surface area (Å²) in [5.74, 6) is 0. The Morgan fingerprint density at radius 2 is 2.05 bits per heavy atom. The Labute approximate surface area is 125 Å². The van der Waals surface area contributed by atoms with Crippen LogP contribution in [0, 0.1) is 0 Å². The van der Waals surface area contributed by atoms with Crippen LogP contribution in [-0.2, 0) is 7.05 Å². The average molecular weight is 283 g/mol. The fourth-order valence-corrected chi connectivity index (χ4v) is 2.82. The van der Waals surface area contributed by atoms with Crippen LogP contribution in [0.4, 0.5) is 0 Å². The molecule has 110 valence electrons. The molecule has 0 aliphatic carbocycles. The molecule has 3 rings (SSSR count). The Balaban J connectivity index is 1.61. The van der Waals surface area contributed by atoms with E-state index in [2.05, 4.69) is 22.1 Å². The number of aromatic nitrogens is 2. The average Bonchev–Trinajstić information content (AvgIpc) is 2.95. The van der Waals surface area contributed by atoms with E-state index in [0.717, 1.165) is 25.1 Å². The second-order valence-electron chi connectivity index (χ2n) is 5.51. The van der Waals surface area contributed by atoms with E-state index >= 15 is 0 Å². The van der Waals surface area contributed by atoms with E-state index in [1.54, 1.807) is 0 Å². The fourth-order valence-electron chi connectivity index (χ4n) is 2.82. The van der Waals surface area contributed by atoms with Gasteiger partial charge in [-0.3, -0.25) is 9.58 Å². The summed E-state index contributed by atoms with van der Waals surface area (Å²) in [4.78, 5) is 2.29. The highest BCUT2D eigenvalue weighted by molar-refractivity contribution is 5.63. The molecular weight excluding hydrogens is 262 g/mol. The summed E-state index contributed by atoms with van der Waals surface area (Å²) in [6.45, 7) is 2.53. The third kappa shape index (κ3) is 3.23. The molecule has 0 amide bonds. The molecule has 0 unspecified atom stereocenters. The lowest BCUT2D eigenvalue weighted by atomic mass is 10.0. The van der Waals surface area contributed by atoms with Gasteiger partial charge in [-0.15, -0.1) is 0 Å². The number of β-amino-alcohol motifs (C(OH)–C–C–N with tert-alkyl or cyclic N) is 1. The van der Waals surface area contributed by atoms with Crippen molar-refractivity contribution in [2.24, 2.45) is 7.05 Å².